The molecule has 0 atom stereocenters. The van der Waals surface area contributed by atoms with Crippen molar-refractivity contribution >= 4 is 10.0 Å². The molecule has 1 aliphatic rings. The molecule has 1 heterocycles. The zero-order valence-corrected chi connectivity index (χ0v) is 11.6. The molecule has 104 valence electrons. The summed E-state index contributed by atoms with van der Waals surface area (Å²) in [6.45, 7) is 0.730. The molecule has 0 saturated heterocycles. The Bertz CT molecular complexity index is 729. The molecule has 0 N–H and O–H groups in total. The molecule has 0 unspecified atom stereocenters. The summed E-state index contributed by atoms with van der Waals surface area (Å²) >= 11 is 0. The molecule has 0 spiro atoms. The third-order valence-electron chi connectivity index (χ3n) is 3.49. The van der Waals surface area contributed by atoms with Crippen molar-refractivity contribution in [1.29, 1.82) is 0 Å². The zero-order valence-electron chi connectivity index (χ0n) is 10.8. The van der Waals surface area contributed by atoms with Gasteiger partial charge in [0, 0.05) is 13.1 Å². The molecule has 0 radical (unpaired) electrons. The van der Waals surface area contributed by atoms with Gasteiger partial charge in [0.05, 0.1) is 4.90 Å². The summed E-state index contributed by atoms with van der Waals surface area (Å²) in [5.74, 6) is -0.516. The topological polar surface area (TPSA) is 37.4 Å². The number of hydrogen-bond donors (Lipinski definition) is 0. The molecule has 0 fully saturated rings. The molecule has 1 aliphatic heterocycles. The molecule has 2 aromatic rings. The number of fused-ring (bicyclic) bond motifs is 1. The zero-order chi connectivity index (χ0) is 14.2. The van der Waals surface area contributed by atoms with Gasteiger partial charge in [-0.15, -0.1) is 0 Å². The first-order valence-electron chi connectivity index (χ1n) is 6.40. The molecule has 3 nitrogen and oxygen atoms in total. The summed E-state index contributed by atoms with van der Waals surface area (Å²) in [6.07, 6.45) is 0.649. The van der Waals surface area contributed by atoms with Gasteiger partial charge in [0.25, 0.3) is 0 Å². The lowest BCUT2D eigenvalue weighted by Crippen LogP contribution is -2.26. The maximum atomic E-state index is 13.2. The van der Waals surface area contributed by atoms with Gasteiger partial charge >= 0.3 is 0 Å². The van der Waals surface area contributed by atoms with Gasteiger partial charge in [-0.25, -0.2) is 12.8 Å². The SMILES string of the molecule is O=S1(=O)c2cc(F)ccc2CN1CCc1ccccc1. The number of rotatable bonds is 3. The van der Waals surface area contributed by atoms with E-state index in [1.54, 1.807) is 6.07 Å². The average Bonchev–Trinajstić information content (AvgIpc) is 2.69. The van der Waals surface area contributed by atoms with E-state index in [1.165, 1.54) is 10.4 Å². The van der Waals surface area contributed by atoms with Crippen LogP contribution in [-0.2, 0) is 23.0 Å². The van der Waals surface area contributed by atoms with Gasteiger partial charge in [0.15, 0.2) is 0 Å². The smallest absolute Gasteiger partial charge is 0.207 e. The van der Waals surface area contributed by atoms with E-state index in [9.17, 15) is 12.8 Å². The molecule has 0 aromatic heterocycles. The van der Waals surface area contributed by atoms with Gasteiger partial charge in [-0.2, -0.15) is 4.31 Å². The maximum absolute atomic E-state index is 13.2. The predicted octanol–water partition coefficient (Wildman–Crippen LogP) is 2.57. The highest BCUT2D eigenvalue weighted by molar-refractivity contribution is 7.89. The van der Waals surface area contributed by atoms with Crippen molar-refractivity contribution in [3.05, 3.63) is 65.5 Å². The van der Waals surface area contributed by atoms with Gasteiger partial charge < -0.3 is 0 Å². The summed E-state index contributed by atoms with van der Waals surface area (Å²) in [7, 11) is -3.55. The lowest BCUT2D eigenvalue weighted by molar-refractivity contribution is 0.428. The van der Waals surface area contributed by atoms with E-state index < -0.39 is 15.8 Å². The molecule has 2 aromatic carbocycles. The molecule has 0 bridgehead atoms. The van der Waals surface area contributed by atoms with Gasteiger partial charge in [-0.1, -0.05) is 36.4 Å². The Balaban J connectivity index is 1.81. The number of nitrogens with zero attached hydrogens (tertiary/aromatic N) is 1. The summed E-state index contributed by atoms with van der Waals surface area (Å²) in [5, 5.41) is 0. The lowest BCUT2D eigenvalue weighted by atomic mass is 10.1. The predicted molar refractivity (Wildman–Crippen MR) is 74.1 cm³/mol. The summed E-state index contributed by atoms with van der Waals surface area (Å²) in [6, 6.07) is 13.7. The Morgan fingerprint density at radius 1 is 1.10 bits per heavy atom. The number of hydrogen-bond acceptors (Lipinski definition) is 2. The Labute approximate surface area is 117 Å². The minimum atomic E-state index is -3.55. The van der Waals surface area contributed by atoms with Crippen LogP contribution in [0.5, 0.6) is 0 Å². The summed E-state index contributed by atoms with van der Waals surface area (Å²) in [5.41, 5.74) is 1.75. The van der Waals surface area contributed by atoms with Crippen molar-refractivity contribution < 1.29 is 12.8 Å². The van der Waals surface area contributed by atoms with E-state index in [2.05, 4.69) is 0 Å². The molecule has 0 aliphatic carbocycles. The third kappa shape index (κ3) is 2.34. The fraction of sp³-hybridized carbons (Fsp3) is 0.200. The molecule has 5 heteroatoms. The highest BCUT2D eigenvalue weighted by Crippen LogP contribution is 2.30. The second kappa shape index (κ2) is 5.00. The Kier molecular flexibility index (Phi) is 3.31. The number of sulfonamides is 1. The van der Waals surface area contributed by atoms with E-state index >= 15 is 0 Å². The van der Waals surface area contributed by atoms with Crippen LogP contribution in [0.3, 0.4) is 0 Å². The maximum Gasteiger partial charge on any atom is 0.243 e. The van der Waals surface area contributed by atoms with Crippen LogP contribution in [0.4, 0.5) is 4.39 Å². The molecule has 0 amide bonds. The van der Waals surface area contributed by atoms with Crippen molar-refractivity contribution in [1.82, 2.24) is 4.31 Å². The summed E-state index contributed by atoms with van der Waals surface area (Å²) < 4.78 is 39.2. The Morgan fingerprint density at radius 2 is 1.85 bits per heavy atom. The molecular formula is C15H14FNO2S. The molecule has 3 rings (SSSR count). The van der Waals surface area contributed by atoms with E-state index in [-0.39, 0.29) is 4.90 Å². The molecule has 20 heavy (non-hydrogen) atoms. The Morgan fingerprint density at radius 3 is 2.60 bits per heavy atom. The van der Waals surface area contributed by atoms with Crippen molar-refractivity contribution in [3.63, 3.8) is 0 Å². The average molecular weight is 291 g/mol. The third-order valence-corrected chi connectivity index (χ3v) is 5.41. The summed E-state index contributed by atoms with van der Waals surface area (Å²) in [4.78, 5) is 0.102. The van der Waals surface area contributed by atoms with E-state index in [1.807, 2.05) is 30.3 Å². The van der Waals surface area contributed by atoms with E-state index in [0.29, 0.717) is 25.1 Å². The first kappa shape index (κ1) is 13.3. The number of benzene rings is 2. The number of halogens is 1. The van der Waals surface area contributed by atoms with Crippen molar-refractivity contribution in [2.75, 3.05) is 6.54 Å². The van der Waals surface area contributed by atoms with Crippen LogP contribution in [0.2, 0.25) is 0 Å². The van der Waals surface area contributed by atoms with Crippen LogP contribution in [0, 0.1) is 5.82 Å². The Hall–Kier alpha value is -1.72. The largest absolute Gasteiger partial charge is 0.243 e. The quantitative estimate of drug-likeness (QED) is 0.871. The van der Waals surface area contributed by atoms with Crippen LogP contribution in [0.15, 0.2) is 53.4 Å². The van der Waals surface area contributed by atoms with Gasteiger partial charge in [-0.3, -0.25) is 0 Å². The first-order valence-corrected chi connectivity index (χ1v) is 7.84. The molecular weight excluding hydrogens is 277 g/mol. The monoisotopic (exact) mass is 291 g/mol. The van der Waals surface area contributed by atoms with Crippen molar-refractivity contribution in [3.8, 4) is 0 Å². The van der Waals surface area contributed by atoms with E-state index in [0.717, 1.165) is 11.6 Å². The fourth-order valence-electron chi connectivity index (χ4n) is 2.41. The minimum Gasteiger partial charge on any atom is -0.207 e. The van der Waals surface area contributed by atoms with Crippen LogP contribution in [0.25, 0.3) is 0 Å². The van der Waals surface area contributed by atoms with E-state index in [4.69, 9.17) is 0 Å². The van der Waals surface area contributed by atoms with Crippen LogP contribution < -0.4 is 0 Å². The standard InChI is InChI=1S/C15H14FNO2S/c16-14-7-6-13-11-17(20(18,19)15(13)10-14)9-8-12-4-2-1-3-5-12/h1-7,10H,8-9,11H2. The second-order valence-corrected chi connectivity index (χ2v) is 6.73. The van der Waals surface area contributed by atoms with Gasteiger partial charge in [0.1, 0.15) is 5.82 Å². The van der Waals surface area contributed by atoms with Gasteiger partial charge in [-0.05, 0) is 29.7 Å². The lowest BCUT2D eigenvalue weighted by Gasteiger charge is -2.14. The van der Waals surface area contributed by atoms with Gasteiger partial charge in [0.2, 0.25) is 10.0 Å². The normalized spacial score (nSPS) is 17.1. The highest BCUT2D eigenvalue weighted by Gasteiger charge is 2.34. The molecule has 0 saturated carbocycles. The second-order valence-electron chi connectivity index (χ2n) is 4.83. The van der Waals surface area contributed by atoms with Crippen LogP contribution >= 0.6 is 0 Å². The highest BCUT2D eigenvalue weighted by atomic mass is 32.2. The van der Waals surface area contributed by atoms with Crippen LogP contribution in [0.1, 0.15) is 11.1 Å². The fourth-order valence-corrected chi connectivity index (χ4v) is 4.06. The van der Waals surface area contributed by atoms with Crippen molar-refractivity contribution in [2.24, 2.45) is 0 Å². The van der Waals surface area contributed by atoms with Crippen LogP contribution in [-0.4, -0.2) is 19.3 Å². The van der Waals surface area contributed by atoms with Crippen molar-refractivity contribution in [2.45, 2.75) is 17.9 Å². The minimum absolute atomic E-state index is 0.102. The first-order chi connectivity index (χ1) is 9.57.